The monoisotopic (exact) mass is 456 g/mol. The highest BCUT2D eigenvalue weighted by molar-refractivity contribution is 6.00. The summed E-state index contributed by atoms with van der Waals surface area (Å²) in [4.78, 5) is 27.0. The zero-order chi connectivity index (χ0) is 24.2. The molecule has 1 aliphatic heterocycles. The number of para-hydroxylation sites is 1. The van der Waals surface area contributed by atoms with E-state index in [1.165, 1.54) is 0 Å². The van der Waals surface area contributed by atoms with Crippen molar-refractivity contribution < 1.29 is 9.59 Å². The lowest BCUT2D eigenvalue weighted by Crippen LogP contribution is -2.33. The zero-order valence-corrected chi connectivity index (χ0v) is 19.4. The van der Waals surface area contributed by atoms with Crippen LogP contribution in [0, 0.1) is 31.1 Å². The number of hydrogen-bond acceptors (Lipinski definition) is 5. The van der Waals surface area contributed by atoms with E-state index in [9.17, 15) is 14.9 Å². The lowest BCUT2D eigenvalue weighted by Gasteiger charge is -2.20. The number of carbonyl (C=O) groups excluding carboxylic acids is 2. The fourth-order valence-electron chi connectivity index (χ4n) is 4.30. The first-order chi connectivity index (χ1) is 16.4. The van der Waals surface area contributed by atoms with Gasteiger partial charge in [0.1, 0.15) is 17.5 Å². The third-order valence-corrected chi connectivity index (χ3v) is 6.36. The molecule has 0 bridgehead atoms. The maximum Gasteiger partial charge on any atom is 0.227 e. The van der Waals surface area contributed by atoms with E-state index < -0.39 is 0 Å². The van der Waals surface area contributed by atoms with E-state index in [1.54, 1.807) is 9.58 Å². The number of rotatable bonds is 7. The smallest absolute Gasteiger partial charge is 0.227 e. The van der Waals surface area contributed by atoms with Crippen molar-refractivity contribution in [3.63, 3.8) is 0 Å². The van der Waals surface area contributed by atoms with Crippen molar-refractivity contribution in [3.05, 3.63) is 70.9 Å². The molecule has 1 saturated heterocycles. The van der Waals surface area contributed by atoms with Crippen molar-refractivity contribution in [1.82, 2.24) is 15.1 Å². The maximum absolute atomic E-state index is 12.7. The van der Waals surface area contributed by atoms with Crippen molar-refractivity contribution in [2.75, 3.05) is 23.7 Å². The van der Waals surface area contributed by atoms with Gasteiger partial charge in [0.2, 0.25) is 11.8 Å². The van der Waals surface area contributed by atoms with E-state index in [-0.39, 0.29) is 24.2 Å². The van der Waals surface area contributed by atoms with Gasteiger partial charge in [0.15, 0.2) is 0 Å². The Bertz CT molecular complexity index is 1260. The third-order valence-electron chi connectivity index (χ3n) is 6.36. The molecule has 8 heteroatoms. The van der Waals surface area contributed by atoms with Crippen LogP contribution >= 0.6 is 0 Å². The van der Waals surface area contributed by atoms with Gasteiger partial charge in [0.05, 0.1) is 17.3 Å². The first-order valence-corrected chi connectivity index (χ1v) is 11.4. The number of aromatic nitrogens is 2. The van der Waals surface area contributed by atoms with E-state index in [0.717, 1.165) is 22.5 Å². The molecule has 0 radical (unpaired) electrons. The van der Waals surface area contributed by atoms with Crippen molar-refractivity contribution in [3.8, 4) is 11.8 Å². The molecule has 0 aliphatic carbocycles. The number of amides is 2. The minimum atomic E-state index is -0.380. The lowest BCUT2D eigenvalue weighted by atomic mass is 10.1. The fraction of sp³-hybridized carbons (Fsp3) is 0.308. The van der Waals surface area contributed by atoms with Gasteiger partial charge in [-0.3, -0.25) is 9.59 Å². The summed E-state index contributed by atoms with van der Waals surface area (Å²) in [6, 6.07) is 17.4. The molecule has 1 atom stereocenters. The van der Waals surface area contributed by atoms with Gasteiger partial charge >= 0.3 is 0 Å². The summed E-state index contributed by atoms with van der Waals surface area (Å²) in [5.41, 5.74) is 10.9. The average Bonchev–Trinajstić information content (AvgIpc) is 3.38. The summed E-state index contributed by atoms with van der Waals surface area (Å²) in [5.74, 6) is -0.232. The Labute approximate surface area is 199 Å². The summed E-state index contributed by atoms with van der Waals surface area (Å²) >= 11 is 0. The Morgan fingerprint density at radius 1 is 1.21 bits per heavy atom. The molecule has 1 fully saturated rings. The SMILES string of the molecule is Cc1cccc(N2CC(C(=O)NCCCc3nn(-c4ccccc4)c(N)c3C#N)CC2=O)c1C. The molecular weight excluding hydrogens is 428 g/mol. The Kier molecular flexibility index (Phi) is 6.64. The van der Waals surface area contributed by atoms with Crippen LogP contribution in [0.3, 0.4) is 0 Å². The Morgan fingerprint density at radius 2 is 1.97 bits per heavy atom. The second kappa shape index (κ2) is 9.79. The standard InChI is InChI=1S/C26H28N6O2/c1-17-8-6-12-23(18(17)2)31-16-19(14-24(31)33)26(34)29-13-7-11-22-21(15-27)25(28)32(30-22)20-9-4-3-5-10-20/h3-6,8-10,12,19H,7,11,13-14,16,28H2,1-2H3,(H,29,34). The molecule has 174 valence electrons. The fourth-order valence-corrected chi connectivity index (χ4v) is 4.30. The highest BCUT2D eigenvalue weighted by atomic mass is 16.2. The van der Waals surface area contributed by atoms with Gasteiger partial charge in [0.25, 0.3) is 0 Å². The van der Waals surface area contributed by atoms with E-state index in [1.807, 2.05) is 62.4 Å². The van der Waals surface area contributed by atoms with Crippen LogP contribution in [0.2, 0.25) is 0 Å². The molecule has 1 unspecified atom stereocenters. The Morgan fingerprint density at radius 3 is 2.71 bits per heavy atom. The van der Waals surface area contributed by atoms with E-state index in [4.69, 9.17) is 5.73 Å². The van der Waals surface area contributed by atoms with Gasteiger partial charge < -0.3 is 16.0 Å². The highest BCUT2D eigenvalue weighted by Crippen LogP contribution is 2.29. The van der Waals surface area contributed by atoms with Gasteiger partial charge in [0, 0.05) is 25.2 Å². The van der Waals surface area contributed by atoms with Crippen LogP contribution in [0.5, 0.6) is 0 Å². The molecule has 0 saturated carbocycles. The number of nitrogens with one attached hydrogen (secondary N) is 1. The molecule has 1 aromatic heterocycles. The van der Waals surface area contributed by atoms with Crippen molar-refractivity contribution in [1.29, 1.82) is 5.26 Å². The molecule has 1 aliphatic rings. The minimum absolute atomic E-state index is 0.0329. The zero-order valence-electron chi connectivity index (χ0n) is 19.4. The maximum atomic E-state index is 12.7. The number of nitriles is 1. The molecule has 2 aromatic carbocycles. The number of nitrogen functional groups attached to an aromatic ring is 1. The van der Waals surface area contributed by atoms with Crippen LogP contribution in [0.15, 0.2) is 48.5 Å². The van der Waals surface area contributed by atoms with Gasteiger partial charge in [-0.1, -0.05) is 30.3 Å². The number of nitrogens with zero attached hydrogens (tertiary/aromatic N) is 4. The van der Waals surface area contributed by atoms with Crippen LogP contribution in [0.1, 0.15) is 35.2 Å². The molecule has 3 aromatic rings. The second-order valence-electron chi connectivity index (χ2n) is 8.59. The van der Waals surface area contributed by atoms with E-state index in [2.05, 4.69) is 16.5 Å². The molecular formula is C26H28N6O2. The highest BCUT2D eigenvalue weighted by Gasteiger charge is 2.35. The second-order valence-corrected chi connectivity index (χ2v) is 8.59. The Balaban J connectivity index is 1.33. The Hall–Kier alpha value is -4.12. The average molecular weight is 457 g/mol. The molecule has 8 nitrogen and oxygen atoms in total. The molecule has 0 spiro atoms. The van der Waals surface area contributed by atoms with Gasteiger partial charge in [-0.05, 0) is 56.0 Å². The molecule has 2 amide bonds. The lowest BCUT2D eigenvalue weighted by molar-refractivity contribution is -0.126. The van der Waals surface area contributed by atoms with Crippen molar-refractivity contribution in [2.45, 2.75) is 33.1 Å². The topological polar surface area (TPSA) is 117 Å². The van der Waals surface area contributed by atoms with Crippen molar-refractivity contribution in [2.24, 2.45) is 5.92 Å². The van der Waals surface area contributed by atoms with Crippen LogP contribution < -0.4 is 16.0 Å². The first-order valence-electron chi connectivity index (χ1n) is 11.4. The third kappa shape index (κ3) is 4.50. The van der Waals surface area contributed by atoms with Gasteiger partial charge in [-0.15, -0.1) is 0 Å². The number of nitrogens with two attached hydrogens (primary N) is 1. The molecule has 4 rings (SSSR count). The number of benzene rings is 2. The quantitative estimate of drug-likeness (QED) is 0.530. The number of carbonyl (C=O) groups is 2. The molecule has 3 N–H and O–H groups in total. The number of hydrogen-bond donors (Lipinski definition) is 2. The first kappa shape index (κ1) is 23.1. The predicted molar refractivity (Wildman–Crippen MR) is 130 cm³/mol. The summed E-state index contributed by atoms with van der Waals surface area (Å²) in [5, 5.41) is 17.0. The molecule has 34 heavy (non-hydrogen) atoms. The van der Waals surface area contributed by atoms with E-state index in [0.29, 0.717) is 43.0 Å². The normalized spacial score (nSPS) is 15.4. The van der Waals surface area contributed by atoms with Crippen LogP contribution in [0.4, 0.5) is 11.5 Å². The predicted octanol–water partition coefficient (Wildman–Crippen LogP) is 3.04. The largest absolute Gasteiger partial charge is 0.382 e. The minimum Gasteiger partial charge on any atom is -0.382 e. The van der Waals surface area contributed by atoms with E-state index >= 15 is 0 Å². The number of aryl methyl sites for hydroxylation is 2. The van der Waals surface area contributed by atoms with Gasteiger partial charge in [-0.2, -0.15) is 10.4 Å². The number of anilines is 2. The summed E-state index contributed by atoms with van der Waals surface area (Å²) < 4.78 is 1.57. The van der Waals surface area contributed by atoms with Crippen molar-refractivity contribution >= 4 is 23.3 Å². The summed E-state index contributed by atoms with van der Waals surface area (Å²) in [7, 11) is 0. The van der Waals surface area contributed by atoms with Gasteiger partial charge in [-0.25, -0.2) is 4.68 Å². The van der Waals surface area contributed by atoms with Crippen LogP contribution in [0.25, 0.3) is 5.69 Å². The summed E-state index contributed by atoms with van der Waals surface area (Å²) in [6.45, 7) is 4.81. The summed E-state index contributed by atoms with van der Waals surface area (Å²) in [6.07, 6.45) is 1.31. The van der Waals surface area contributed by atoms with Crippen LogP contribution in [-0.2, 0) is 16.0 Å². The molecule has 2 heterocycles. The van der Waals surface area contributed by atoms with Crippen LogP contribution in [-0.4, -0.2) is 34.7 Å².